The lowest BCUT2D eigenvalue weighted by Crippen LogP contribution is -2.17. The van der Waals surface area contributed by atoms with Crippen LogP contribution in [0.4, 0.5) is 5.82 Å². The standard InChI is InChI=1S/C12H14N2O3/c13-11-9(12(16)17)8(5-6-14-11)10(15)7-3-1-2-4-7/h5-7H,1-4H2,(H2,13,14)(H,16,17). The van der Waals surface area contributed by atoms with Crippen molar-refractivity contribution in [2.24, 2.45) is 5.92 Å². The zero-order valence-electron chi connectivity index (χ0n) is 9.35. The average Bonchev–Trinajstić information content (AvgIpc) is 2.80. The molecule has 3 N–H and O–H groups in total. The van der Waals surface area contributed by atoms with E-state index in [9.17, 15) is 9.59 Å². The summed E-state index contributed by atoms with van der Waals surface area (Å²) in [6, 6.07) is 1.44. The van der Waals surface area contributed by atoms with Gasteiger partial charge in [0, 0.05) is 17.7 Å². The molecule has 5 heteroatoms. The fraction of sp³-hybridized carbons (Fsp3) is 0.417. The number of ketones is 1. The Labute approximate surface area is 98.7 Å². The van der Waals surface area contributed by atoms with Gasteiger partial charge in [0.2, 0.25) is 0 Å². The Hall–Kier alpha value is -1.91. The van der Waals surface area contributed by atoms with Gasteiger partial charge in [0.25, 0.3) is 0 Å². The van der Waals surface area contributed by atoms with Gasteiger partial charge in [-0.05, 0) is 18.9 Å². The molecule has 2 rings (SSSR count). The van der Waals surface area contributed by atoms with Crippen LogP contribution in [-0.2, 0) is 0 Å². The van der Waals surface area contributed by atoms with Crippen molar-refractivity contribution < 1.29 is 14.7 Å². The van der Waals surface area contributed by atoms with Crippen LogP contribution in [0.3, 0.4) is 0 Å². The zero-order valence-corrected chi connectivity index (χ0v) is 9.35. The van der Waals surface area contributed by atoms with E-state index in [0.29, 0.717) is 0 Å². The molecule has 0 saturated heterocycles. The van der Waals surface area contributed by atoms with Crippen LogP contribution in [0.5, 0.6) is 0 Å². The molecular weight excluding hydrogens is 220 g/mol. The third-order valence-electron chi connectivity index (χ3n) is 3.19. The summed E-state index contributed by atoms with van der Waals surface area (Å²) in [4.78, 5) is 27.0. The highest BCUT2D eigenvalue weighted by Gasteiger charge is 2.28. The van der Waals surface area contributed by atoms with Crippen LogP contribution in [0.1, 0.15) is 46.4 Å². The van der Waals surface area contributed by atoms with Crippen LogP contribution in [0.25, 0.3) is 0 Å². The summed E-state index contributed by atoms with van der Waals surface area (Å²) in [5.74, 6) is -1.47. The van der Waals surface area contributed by atoms with E-state index in [1.165, 1.54) is 12.3 Å². The summed E-state index contributed by atoms with van der Waals surface area (Å²) >= 11 is 0. The summed E-state index contributed by atoms with van der Waals surface area (Å²) < 4.78 is 0. The lowest BCUT2D eigenvalue weighted by atomic mass is 9.93. The smallest absolute Gasteiger partial charge is 0.340 e. The number of nitrogen functional groups attached to an aromatic ring is 1. The van der Waals surface area contributed by atoms with Gasteiger partial charge >= 0.3 is 5.97 Å². The van der Waals surface area contributed by atoms with Gasteiger partial charge in [-0.1, -0.05) is 12.8 Å². The molecule has 1 aromatic rings. The number of hydrogen-bond donors (Lipinski definition) is 2. The molecule has 0 bridgehead atoms. The van der Waals surface area contributed by atoms with Gasteiger partial charge in [-0.3, -0.25) is 4.79 Å². The van der Waals surface area contributed by atoms with E-state index in [0.717, 1.165) is 25.7 Å². The van der Waals surface area contributed by atoms with Crippen molar-refractivity contribution in [2.75, 3.05) is 5.73 Å². The highest BCUT2D eigenvalue weighted by Crippen LogP contribution is 2.29. The topological polar surface area (TPSA) is 93.3 Å². The second-order valence-corrected chi connectivity index (χ2v) is 4.27. The molecule has 0 spiro atoms. The number of Topliss-reactive ketones (excluding diaryl/α,β-unsaturated/α-hetero) is 1. The van der Waals surface area contributed by atoms with Crippen LogP contribution in [0.2, 0.25) is 0 Å². The molecule has 1 aliphatic carbocycles. The van der Waals surface area contributed by atoms with Gasteiger partial charge in [-0.2, -0.15) is 0 Å². The van der Waals surface area contributed by atoms with Crippen molar-refractivity contribution in [3.05, 3.63) is 23.4 Å². The molecule has 0 unspecified atom stereocenters. The zero-order chi connectivity index (χ0) is 12.4. The van der Waals surface area contributed by atoms with Gasteiger partial charge in [0.05, 0.1) is 0 Å². The maximum Gasteiger partial charge on any atom is 0.340 e. The van der Waals surface area contributed by atoms with Gasteiger partial charge in [-0.15, -0.1) is 0 Å². The fourth-order valence-corrected chi connectivity index (χ4v) is 2.32. The van der Waals surface area contributed by atoms with E-state index < -0.39 is 5.97 Å². The fourth-order valence-electron chi connectivity index (χ4n) is 2.32. The van der Waals surface area contributed by atoms with Gasteiger partial charge in [0.15, 0.2) is 5.78 Å². The molecule has 0 amide bonds. The summed E-state index contributed by atoms with van der Waals surface area (Å²) in [7, 11) is 0. The Kier molecular flexibility index (Phi) is 3.08. The molecule has 1 aromatic heterocycles. The number of nitrogens with two attached hydrogens (primary N) is 1. The number of aromatic carboxylic acids is 1. The second kappa shape index (κ2) is 4.53. The van der Waals surface area contributed by atoms with Crippen LogP contribution in [-0.4, -0.2) is 21.8 Å². The third kappa shape index (κ3) is 2.13. The normalized spacial score (nSPS) is 16.0. The minimum Gasteiger partial charge on any atom is -0.478 e. The molecule has 0 aliphatic heterocycles. The Morgan fingerprint density at radius 3 is 2.59 bits per heavy atom. The molecule has 0 radical (unpaired) electrons. The minimum absolute atomic E-state index is 0.0603. The Bertz CT molecular complexity index is 465. The first-order valence-electron chi connectivity index (χ1n) is 5.63. The molecule has 5 nitrogen and oxygen atoms in total. The van der Waals surface area contributed by atoms with Gasteiger partial charge in [0.1, 0.15) is 11.4 Å². The Balaban J connectivity index is 2.40. The molecular formula is C12H14N2O3. The highest BCUT2D eigenvalue weighted by molar-refractivity contribution is 6.09. The predicted octanol–water partition coefficient (Wildman–Crippen LogP) is 1.73. The van der Waals surface area contributed by atoms with Crippen molar-refractivity contribution in [2.45, 2.75) is 25.7 Å². The molecule has 1 saturated carbocycles. The lowest BCUT2D eigenvalue weighted by Gasteiger charge is -2.11. The summed E-state index contributed by atoms with van der Waals surface area (Å²) in [6.45, 7) is 0. The molecule has 17 heavy (non-hydrogen) atoms. The van der Waals surface area contributed by atoms with E-state index in [2.05, 4.69) is 4.98 Å². The molecule has 90 valence electrons. The first-order chi connectivity index (χ1) is 8.11. The maximum atomic E-state index is 12.2. The van der Waals surface area contributed by atoms with E-state index in [-0.39, 0.29) is 28.6 Å². The number of pyridine rings is 1. The molecule has 1 fully saturated rings. The number of anilines is 1. The minimum atomic E-state index is -1.20. The average molecular weight is 234 g/mol. The van der Waals surface area contributed by atoms with Gasteiger partial charge < -0.3 is 10.8 Å². The number of carboxylic acids is 1. The quantitative estimate of drug-likeness (QED) is 0.777. The van der Waals surface area contributed by atoms with Gasteiger partial charge in [-0.25, -0.2) is 9.78 Å². The molecule has 1 heterocycles. The number of aromatic nitrogens is 1. The number of nitrogens with zero attached hydrogens (tertiary/aromatic N) is 1. The Morgan fingerprint density at radius 1 is 1.35 bits per heavy atom. The van der Waals surface area contributed by atoms with Crippen molar-refractivity contribution in [1.29, 1.82) is 0 Å². The number of carbonyl (C=O) groups is 2. The SMILES string of the molecule is Nc1nccc(C(=O)C2CCCC2)c1C(=O)O. The van der Waals surface area contributed by atoms with Crippen LogP contribution in [0, 0.1) is 5.92 Å². The number of hydrogen-bond acceptors (Lipinski definition) is 4. The van der Waals surface area contributed by atoms with Crippen molar-refractivity contribution >= 4 is 17.6 Å². The highest BCUT2D eigenvalue weighted by atomic mass is 16.4. The van der Waals surface area contributed by atoms with Crippen LogP contribution >= 0.6 is 0 Å². The molecule has 1 aliphatic rings. The van der Waals surface area contributed by atoms with Crippen LogP contribution in [0.15, 0.2) is 12.3 Å². The number of carboxylic acid groups (broad SMARTS) is 1. The third-order valence-corrected chi connectivity index (χ3v) is 3.19. The summed E-state index contributed by atoms with van der Waals surface area (Å²) in [6.07, 6.45) is 5.10. The van der Waals surface area contributed by atoms with E-state index >= 15 is 0 Å². The van der Waals surface area contributed by atoms with E-state index in [4.69, 9.17) is 10.8 Å². The lowest BCUT2D eigenvalue weighted by molar-refractivity contribution is 0.0691. The van der Waals surface area contributed by atoms with E-state index in [1.807, 2.05) is 0 Å². The molecule has 0 aromatic carbocycles. The molecule has 0 atom stereocenters. The number of rotatable bonds is 3. The first kappa shape index (κ1) is 11.6. The monoisotopic (exact) mass is 234 g/mol. The van der Waals surface area contributed by atoms with Crippen molar-refractivity contribution in [3.63, 3.8) is 0 Å². The summed E-state index contributed by atoms with van der Waals surface area (Å²) in [5, 5.41) is 9.07. The second-order valence-electron chi connectivity index (χ2n) is 4.27. The largest absolute Gasteiger partial charge is 0.478 e. The maximum absolute atomic E-state index is 12.2. The van der Waals surface area contributed by atoms with Crippen molar-refractivity contribution in [1.82, 2.24) is 4.98 Å². The van der Waals surface area contributed by atoms with E-state index in [1.54, 1.807) is 0 Å². The summed E-state index contributed by atoms with van der Waals surface area (Å²) in [5.41, 5.74) is 5.54. The van der Waals surface area contributed by atoms with Crippen molar-refractivity contribution in [3.8, 4) is 0 Å². The first-order valence-corrected chi connectivity index (χ1v) is 5.63. The Morgan fingerprint density at radius 2 is 2.00 bits per heavy atom. The van der Waals surface area contributed by atoms with Crippen LogP contribution < -0.4 is 5.73 Å². The predicted molar refractivity (Wildman–Crippen MR) is 61.9 cm³/mol. The number of carbonyl (C=O) groups excluding carboxylic acids is 1.